The average Bonchev–Trinajstić information content (AvgIpc) is 2.83. The molecule has 0 bridgehead atoms. The Morgan fingerprint density at radius 3 is 2.39 bits per heavy atom. The number of rotatable bonds is 11. The Morgan fingerprint density at radius 2 is 1.73 bits per heavy atom. The zero-order chi connectivity index (χ0) is 23.6. The molecule has 33 heavy (non-hydrogen) atoms. The van der Waals surface area contributed by atoms with Gasteiger partial charge in [0.25, 0.3) is 0 Å². The zero-order valence-corrected chi connectivity index (χ0v) is 19.3. The third-order valence-electron chi connectivity index (χ3n) is 5.63. The van der Waals surface area contributed by atoms with Crippen LogP contribution in [0, 0.1) is 0 Å². The summed E-state index contributed by atoms with van der Waals surface area (Å²) >= 11 is 0. The summed E-state index contributed by atoms with van der Waals surface area (Å²) in [5.74, 6) is 0.931. The van der Waals surface area contributed by atoms with E-state index >= 15 is 0 Å². The first-order valence-corrected chi connectivity index (χ1v) is 11.2. The van der Waals surface area contributed by atoms with Crippen molar-refractivity contribution in [1.29, 1.82) is 0 Å². The van der Waals surface area contributed by atoms with Crippen LogP contribution >= 0.6 is 0 Å². The normalized spacial score (nSPS) is 15.6. The average molecular weight is 456 g/mol. The van der Waals surface area contributed by atoms with Crippen molar-refractivity contribution in [1.82, 2.24) is 15.1 Å². The summed E-state index contributed by atoms with van der Waals surface area (Å²) in [6.07, 6.45) is -0.664. The first-order chi connectivity index (χ1) is 15.9. The fourth-order valence-corrected chi connectivity index (χ4v) is 3.73. The molecule has 1 saturated heterocycles. The second kappa shape index (κ2) is 12.3. The van der Waals surface area contributed by atoms with Crippen LogP contribution in [0.15, 0.2) is 48.5 Å². The molecule has 0 aromatic heterocycles. The number of carbonyl (C=O) groups is 2. The van der Waals surface area contributed by atoms with E-state index in [9.17, 15) is 14.7 Å². The summed E-state index contributed by atoms with van der Waals surface area (Å²) < 4.78 is 11.0. The van der Waals surface area contributed by atoms with E-state index < -0.39 is 6.10 Å². The Bertz CT molecular complexity index is 914. The van der Waals surface area contributed by atoms with E-state index in [0.717, 1.165) is 31.7 Å². The third-order valence-corrected chi connectivity index (χ3v) is 5.63. The first-order valence-electron chi connectivity index (χ1n) is 11.2. The van der Waals surface area contributed by atoms with Gasteiger partial charge in [-0.05, 0) is 30.7 Å². The van der Waals surface area contributed by atoms with E-state index in [1.54, 1.807) is 18.2 Å². The van der Waals surface area contributed by atoms with Crippen LogP contribution in [0.5, 0.6) is 11.5 Å². The fraction of sp³-hybridized carbons (Fsp3) is 0.440. The molecule has 1 fully saturated rings. The van der Waals surface area contributed by atoms with Gasteiger partial charge in [-0.15, -0.1) is 0 Å². The molecule has 0 saturated carbocycles. The third kappa shape index (κ3) is 7.85. The number of Topliss-reactive ketones (excluding diaryl/α,β-unsaturated/α-hetero) is 1. The number of hydrogen-bond acceptors (Lipinski definition) is 7. The van der Waals surface area contributed by atoms with Gasteiger partial charge >= 0.3 is 0 Å². The molecule has 1 atom stereocenters. The number of benzene rings is 2. The monoisotopic (exact) mass is 455 g/mol. The SMILES string of the molecule is COc1cc(C(C)=O)ccc1OCC(O)CN1CCN(CC(=O)NCc2ccccc2)CC1. The van der Waals surface area contributed by atoms with E-state index in [1.165, 1.54) is 14.0 Å². The van der Waals surface area contributed by atoms with Gasteiger partial charge in [0, 0.05) is 44.8 Å². The highest BCUT2D eigenvalue weighted by atomic mass is 16.5. The molecule has 3 rings (SSSR count). The minimum absolute atomic E-state index is 0.0190. The van der Waals surface area contributed by atoms with Crippen molar-refractivity contribution in [2.75, 3.05) is 53.0 Å². The van der Waals surface area contributed by atoms with Crippen molar-refractivity contribution < 1.29 is 24.2 Å². The Balaban J connectivity index is 1.35. The largest absolute Gasteiger partial charge is 0.493 e. The maximum absolute atomic E-state index is 12.2. The predicted molar refractivity (Wildman–Crippen MR) is 126 cm³/mol. The zero-order valence-electron chi connectivity index (χ0n) is 19.3. The number of hydrogen-bond donors (Lipinski definition) is 2. The van der Waals surface area contributed by atoms with Crippen molar-refractivity contribution in [2.24, 2.45) is 0 Å². The molecule has 2 N–H and O–H groups in total. The summed E-state index contributed by atoms with van der Waals surface area (Å²) in [6.45, 7) is 6.12. The standard InChI is InChI=1S/C25H33N3O5/c1-19(29)21-8-9-23(24(14-21)32-2)33-18-22(30)16-27-10-12-28(13-11-27)17-25(31)26-15-20-6-4-3-5-7-20/h3-9,14,22,30H,10-13,15-18H2,1-2H3,(H,26,31). The van der Waals surface area contributed by atoms with Crippen LogP contribution in [0.1, 0.15) is 22.8 Å². The van der Waals surface area contributed by atoms with Crippen molar-refractivity contribution in [2.45, 2.75) is 19.6 Å². The minimum Gasteiger partial charge on any atom is -0.493 e. The van der Waals surface area contributed by atoms with Gasteiger partial charge in [0.2, 0.25) is 5.91 Å². The predicted octanol–water partition coefficient (Wildman–Crippen LogP) is 1.57. The number of ketones is 1. The van der Waals surface area contributed by atoms with Crippen molar-refractivity contribution in [3.63, 3.8) is 0 Å². The second-order valence-electron chi connectivity index (χ2n) is 8.23. The fourth-order valence-electron chi connectivity index (χ4n) is 3.73. The van der Waals surface area contributed by atoms with Gasteiger partial charge in [0.05, 0.1) is 13.7 Å². The van der Waals surface area contributed by atoms with Crippen molar-refractivity contribution in [3.05, 3.63) is 59.7 Å². The Hall–Kier alpha value is -2.94. The number of nitrogens with one attached hydrogen (secondary N) is 1. The Labute approximate surface area is 195 Å². The van der Waals surface area contributed by atoms with Gasteiger partial charge in [0.15, 0.2) is 17.3 Å². The highest BCUT2D eigenvalue weighted by Crippen LogP contribution is 2.28. The van der Waals surface area contributed by atoms with Gasteiger partial charge in [-0.1, -0.05) is 30.3 Å². The first kappa shape index (κ1) is 24.7. The molecule has 1 aliphatic rings. The molecule has 2 aromatic rings. The quantitative estimate of drug-likeness (QED) is 0.497. The molecule has 1 amide bonds. The summed E-state index contributed by atoms with van der Waals surface area (Å²) in [6, 6.07) is 14.9. The molecule has 1 unspecified atom stereocenters. The molecular formula is C25H33N3O5. The van der Waals surface area contributed by atoms with Crippen LogP contribution in [-0.2, 0) is 11.3 Å². The molecule has 8 heteroatoms. The lowest BCUT2D eigenvalue weighted by Crippen LogP contribution is -2.51. The smallest absolute Gasteiger partial charge is 0.234 e. The van der Waals surface area contributed by atoms with Gasteiger partial charge in [-0.3, -0.25) is 19.4 Å². The number of nitrogens with zero attached hydrogens (tertiary/aromatic N) is 2. The number of carbonyl (C=O) groups excluding carboxylic acids is 2. The highest BCUT2D eigenvalue weighted by Gasteiger charge is 2.21. The van der Waals surface area contributed by atoms with Crippen LogP contribution in [0.25, 0.3) is 0 Å². The molecule has 0 spiro atoms. The number of aliphatic hydroxyl groups excluding tert-OH is 1. The Morgan fingerprint density at radius 1 is 1.03 bits per heavy atom. The van der Waals surface area contributed by atoms with E-state index in [4.69, 9.17) is 9.47 Å². The molecule has 2 aromatic carbocycles. The van der Waals surface area contributed by atoms with Crippen LogP contribution in [-0.4, -0.2) is 85.7 Å². The maximum atomic E-state index is 12.2. The summed E-state index contributed by atoms with van der Waals surface area (Å²) in [5, 5.41) is 13.4. The van der Waals surface area contributed by atoms with Crippen LogP contribution < -0.4 is 14.8 Å². The Kier molecular flexibility index (Phi) is 9.24. The van der Waals surface area contributed by atoms with Gasteiger partial charge < -0.3 is 19.9 Å². The molecule has 8 nitrogen and oxygen atoms in total. The van der Waals surface area contributed by atoms with E-state index in [-0.39, 0.29) is 18.3 Å². The minimum atomic E-state index is -0.664. The number of β-amino-alcohol motifs (C(OH)–C–C–N with tert-alkyl or cyclic N) is 1. The van der Waals surface area contributed by atoms with E-state index in [1.807, 2.05) is 30.3 Å². The molecule has 0 aliphatic carbocycles. The van der Waals surface area contributed by atoms with Crippen LogP contribution in [0.2, 0.25) is 0 Å². The van der Waals surface area contributed by atoms with Gasteiger partial charge in [-0.25, -0.2) is 0 Å². The van der Waals surface area contributed by atoms with E-state index in [0.29, 0.717) is 36.7 Å². The van der Waals surface area contributed by atoms with Crippen LogP contribution in [0.4, 0.5) is 0 Å². The molecule has 1 aliphatic heterocycles. The number of amides is 1. The lowest BCUT2D eigenvalue weighted by atomic mass is 10.1. The topological polar surface area (TPSA) is 91.3 Å². The maximum Gasteiger partial charge on any atom is 0.234 e. The van der Waals surface area contributed by atoms with Gasteiger partial charge in [-0.2, -0.15) is 0 Å². The highest BCUT2D eigenvalue weighted by molar-refractivity contribution is 5.94. The van der Waals surface area contributed by atoms with E-state index in [2.05, 4.69) is 15.1 Å². The lowest BCUT2D eigenvalue weighted by Gasteiger charge is -2.35. The second-order valence-corrected chi connectivity index (χ2v) is 8.23. The number of ether oxygens (including phenoxy) is 2. The summed E-state index contributed by atoms with van der Waals surface area (Å²) in [7, 11) is 1.52. The molecular weight excluding hydrogens is 422 g/mol. The number of aliphatic hydroxyl groups is 1. The van der Waals surface area contributed by atoms with Crippen molar-refractivity contribution in [3.8, 4) is 11.5 Å². The number of methoxy groups -OCH3 is 1. The summed E-state index contributed by atoms with van der Waals surface area (Å²) in [4.78, 5) is 28.0. The lowest BCUT2D eigenvalue weighted by molar-refractivity contribution is -0.122. The molecule has 1 heterocycles. The molecule has 178 valence electrons. The van der Waals surface area contributed by atoms with Crippen molar-refractivity contribution >= 4 is 11.7 Å². The molecule has 0 radical (unpaired) electrons. The van der Waals surface area contributed by atoms with Crippen LogP contribution in [0.3, 0.4) is 0 Å². The van der Waals surface area contributed by atoms with Gasteiger partial charge in [0.1, 0.15) is 12.7 Å². The number of piperazine rings is 1. The summed E-state index contributed by atoms with van der Waals surface area (Å²) in [5.41, 5.74) is 1.63.